The van der Waals surface area contributed by atoms with Crippen molar-refractivity contribution in [2.75, 3.05) is 13.0 Å². The summed E-state index contributed by atoms with van der Waals surface area (Å²) in [6, 6.07) is 5.04. The van der Waals surface area contributed by atoms with Gasteiger partial charge < -0.3 is 4.74 Å². The Morgan fingerprint density at radius 3 is 2.68 bits per heavy atom. The highest BCUT2D eigenvalue weighted by atomic mass is 35.5. The summed E-state index contributed by atoms with van der Waals surface area (Å²) in [5.41, 5.74) is 2.09. The number of allylic oxidation sites excluding steroid dienone is 1. The van der Waals surface area contributed by atoms with Crippen molar-refractivity contribution >= 4 is 17.7 Å². The van der Waals surface area contributed by atoms with Crippen molar-refractivity contribution in [2.24, 2.45) is 5.92 Å². The second kappa shape index (κ2) is 6.95. The first-order valence-corrected chi connectivity index (χ1v) is 7.38. The van der Waals surface area contributed by atoms with Crippen LogP contribution in [0.2, 0.25) is 0 Å². The zero-order valence-corrected chi connectivity index (χ0v) is 12.0. The summed E-state index contributed by atoms with van der Waals surface area (Å²) in [6.07, 6.45) is 8.31. The van der Waals surface area contributed by atoms with E-state index in [2.05, 4.69) is 0 Å². The zero-order chi connectivity index (χ0) is 13.7. The number of hydrogen-bond donors (Lipinski definition) is 0. The third kappa shape index (κ3) is 3.73. The highest BCUT2D eigenvalue weighted by molar-refractivity contribution is 6.19. The van der Waals surface area contributed by atoms with Crippen molar-refractivity contribution in [2.45, 2.75) is 32.1 Å². The van der Waals surface area contributed by atoms with Gasteiger partial charge in [0.05, 0.1) is 7.11 Å². The molecule has 0 N–H and O–H groups in total. The van der Waals surface area contributed by atoms with Crippen LogP contribution in [0.25, 0.3) is 6.08 Å². The van der Waals surface area contributed by atoms with Crippen LogP contribution in [0.5, 0.6) is 5.75 Å². The second-order valence-electron chi connectivity index (χ2n) is 5.08. The molecule has 1 saturated carbocycles. The Bertz CT molecular complexity index is 450. The van der Waals surface area contributed by atoms with Crippen LogP contribution in [0.1, 0.15) is 37.7 Å². The van der Waals surface area contributed by atoms with Crippen molar-refractivity contribution in [3.63, 3.8) is 0 Å². The van der Waals surface area contributed by atoms with E-state index in [1.165, 1.54) is 50.9 Å². The molecule has 1 aliphatic rings. The van der Waals surface area contributed by atoms with E-state index in [1.807, 2.05) is 12.1 Å². The molecule has 0 radical (unpaired) electrons. The van der Waals surface area contributed by atoms with Gasteiger partial charge in [-0.25, -0.2) is 4.39 Å². The lowest BCUT2D eigenvalue weighted by Gasteiger charge is -2.23. The van der Waals surface area contributed by atoms with Crippen LogP contribution in [0.4, 0.5) is 4.39 Å². The summed E-state index contributed by atoms with van der Waals surface area (Å²) in [7, 11) is 1.47. The van der Waals surface area contributed by atoms with Crippen molar-refractivity contribution < 1.29 is 9.13 Å². The fourth-order valence-corrected chi connectivity index (χ4v) is 3.02. The van der Waals surface area contributed by atoms with Crippen LogP contribution >= 0.6 is 11.6 Å². The lowest BCUT2D eigenvalue weighted by Crippen LogP contribution is -2.10. The van der Waals surface area contributed by atoms with Gasteiger partial charge in [-0.3, -0.25) is 0 Å². The first-order valence-electron chi connectivity index (χ1n) is 6.84. The van der Waals surface area contributed by atoms with Gasteiger partial charge in [0.1, 0.15) is 0 Å². The van der Waals surface area contributed by atoms with E-state index in [0.29, 0.717) is 11.8 Å². The second-order valence-corrected chi connectivity index (χ2v) is 5.35. The van der Waals surface area contributed by atoms with E-state index in [9.17, 15) is 4.39 Å². The van der Waals surface area contributed by atoms with Crippen LogP contribution in [-0.4, -0.2) is 13.0 Å². The molecule has 1 aromatic rings. The van der Waals surface area contributed by atoms with Gasteiger partial charge in [-0.15, -0.1) is 11.6 Å². The summed E-state index contributed by atoms with van der Waals surface area (Å²) in [4.78, 5) is 0. The minimum Gasteiger partial charge on any atom is -0.494 e. The SMILES string of the molecule is COc1ccc(C=C(CCl)C2CCCCC2)cc1F. The van der Waals surface area contributed by atoms with Crippen molar-refractivity contribution in [3.05, 3.63) is 35.2 Å². The average molecular weight is 283 g/mol. The monoisotopic (exact) mass is 282 g/mol. The topological polar surface area (TPSA) is 9.23 Å². The molecule has 0 amide bonds. The largest absolute Gasteiger partial charge is 0.494 e. The Morgan fingerprint density at radius 2 is 2.11 bits per heavy atom. The number of halogens is 2. The van der Waals surface area contributed by atoms with E-state index >= 15 is 0 Å². The number of alkyl halides is 1. The van der Waals surface area contributed by atoms with Gasteiger partial charge >= 0.3 is 0 Å². The molecule has 2 rings (SSSR count). The number of ether oxygens (including phenoxy) is 1. The quantitative estimate of drug-likeness (QED) is 0.703. The zero-order valence-electron chi connectivity index (χ0n) is 11.3. The summed E-state index contributed by atoms with van der Waals surface area (Å²) < 4.78 is 18.6. The predicted molar refractivity (Wildman–Crippen MR) is 78.2 cm³/mol. The number of hydrogen-bond acceptors (Lipinski definition) is 1. The number of rotatable bonds is 4. The molecule has 0 aliphatic heterocycles. The molecule has 1 nitrogen and oxygen atoms in total. The molecule has 0 aromatic heterocycles. The Labute approximate surface area is 119 Å². The maximum atomic E-state index is 13.7. The molecule has 0 spiro atoms. The Morgan fingerprint density at radius 1 is 1.37 bits per heavy atom. The van der Waals surface area contributed by atoms with Crippen LogP contribution in [-0.2, 0) is 0 Å². The molecule has 3 heteroatoms. The Hall–Kier alpha value is -1.02. The molecule has 0 saturated heterocycles. The van der Waals surface area contributed by atoms with E-state index in [-0.39, 0.29) is 11.6 Å². The van der Waals surface area contributed by atoms with Crippen molar-refractivity contribution in [1.82, 2.24) is 0 Å². The van der Waals surface area contributed by atoms with Crippen molar-refractivity contribution in [1.29, 1.82) is 0 Å². The molecule has 0 unspecified atom stereocenters. The van der Waals surface area contributed by atoms with Crippen LogP contribution in [0.3, 0.4) is 0 Å². The van der Waals surface area contributed by atoms with Gasteiger partial charge in [0.15, 0.2) is 11.6 Å². The normalized spacial score (nSPS) is 17.5. The molecule has 19 heavy (non-hydrogen) atoms. The lowest BCUT2D eigenvalue weighted by atomic mass is 9.83. The molecule has 1 aromatic carbocycles. The summed E-state index contributed by atoms with van der Waals surface area (Å²) in [5, 5.41) is 0. The number of methoxy groups -OCH3 is 1. The molecule has 0 atom stereocenters. The highest BCUT2D eigenvalue weighted by Gasteiger charge is 2.17. The van der Waals surface area contributed by atoms with Gasteiger partial charge in [-0.1, -0.05) is 37.0 Å². The summed E-state index contributed by atoms with van der Waals surface area (Å²) in [5.74, 6) is 1.05. The van der Waals surface area contributed by atoms with Gasteiger partial charge in [0, 0.05) is 5.88 Å². The van der Waals surface area contributed by atoms with Gasteiger partial charge in [0.25, 0.3) is 0 Å². The summed E-state index contributed by atoms with van der Waals surface area (Å²) >= 11 is 6.06. The lowest BCUT2D eigenvalue weighted by molar-refractivity contribution is 0.386. The van der Waals surface area contributed by atoms with Crippen molar-refractivity contribution in [3.8, 4) is 5.75 Å². The van der Waals surface area contributed by atoms with E-state index in [0.717, 1.165) is 5.56 Å². The van der Waals surface area contributed by atoms with Gasteiger partial charge in [0.2, 0.25) is 0 Å². The average Bonchev–Trinajstić information content (AvgIpc) is 2.46. The molecule has 0 bridgehead atoms. The molecule has 0 heterocycles. The van der Waals surface area contributed by atoms with E-state index < -0.39 is 0 Å². The van der Waals surface area contributed by atoms with Crippen LogP contribution in [0.15, 0.2) is 23.8 Å². The first-order chi connectivity index (χ1) is 9.24. The fourth-order valence-electron chi connectivity index (χ4n) is 2.73. The molecule has 1 fully saturated rings. The van der Waals surface area contributed by atoms with Gasteiger partial charge in [-0.2, -0.15) is 0 Å². The Balaban J connectivity index is 2.19. The predicted octanol–water partition coefficient (Wildman–Crippen LogP) is 5.04. The maximum Gasteiger partial charge on any atom is 0.165 e. The van der Waals surface area contributed by atoms with Crippen LogP contribution in [0, 0.1) is 11.7 Å². The third-order valence-electron chi connectivity index (χ3n) is 3.81. The standard InChI is InChI=1S/C16H20ClFO/c1-19-16-8-7-12(10-15(16)18)9-14(11-17)13-5-3-2-4-6-13/h7-10,13H,2-6,11H2,1H3. The van der Waals surface area contributed by atoms with E-state index in [1.54, 1.807) is 6.07 Å². The van der Waals surface area contributed by atoms with Crippen LogP contribution < -0.4 is 4.74 Å². The minimum atomic E-state index is -0.325. The Kier molecular flexibility index (Phi) is 5.26. The highest BCUT2D eigenvalue weighted by Crippen LogP contribution is 2.31. The molecule has 104 valence electrons. The fraction of sp³-hybridized carbons (Fsp3) is 0.500. The van der Waals surface area contributed by atoms with Gasteiger partial charge in [-0.05, 0) is 36.5 Å². The molecular formula is C16H20ClFO. The number of benzene rings is 1. The first kappa shape index (κ1) is 14.4. The summed E-state index contributed by atoms with van der Waals surface area (Å²) in [6.45, 7) is 0. The smallest absolute Gasteiger partial charge is 0.165 e. The minimum absolute atomic E-state index is 0.280. The maximum absolute atomic E-state index is 13.7. The van der Waals surface area contributed by atoms with E-state index in [4.69, 9.17) is 16.3 Å². The third-order valence-corrected chi connectivity index (χ3v) is 4.12. The molecule has 1 aliphatic carbocycles. The molecular weight excluding hydrogens is 263 g/mol.